The van der Waals surface area contributed by atoms with Crippen LogP contribution in [0.3, 0.4) is 0 Å². The van der Waals surface area contributed by atoms with Crippen molar-refractivity contribution in [3.8, 4) is 11.1 Å². The van der Waals surface area contributed by atoms with Gasteiger partial charge in [0.2, 0.25) is 0 Å². The van der Waals surface area contributed by atoms with E-state index in [0.29, 0.717) is 32.8 Å². The first-order valence-corrected chi connectivity index (χ1v) is 12.7. The van der Waals surface area contributed by atoms with Crippen molar-refractivity contribution in [2.75, 3.05) is 57.4 Å². The van der Waals surface area contributed by atoms with Gasteiger partial charge in [-0.15, -0.1) is 11.3 Å². The summed E-state index contributed by atoms with van der Waals surface area (Å²) in [4.78, 5) is 31.4. The lowest BCUT2D eigenvalue weighted by Gasteiger charge is -2.34. The molecule has 1 amide bonds. The van der Waals surface area contributed by atoms with Crippen molar-refractivity contribution in [1.29, 1.82) is 0 Å². The molecule has 35 heavy (non-hydrogen) atoms. The maximum atomic E-state index is 13.5. The molecule has 9 heteroatoms. The Kier molecular flexibility index (Phi) is 7.08. The number of nitrogens with zero attached hydrogens (tertiary/aromatic N) is 4. The molecule has 2 aliphatic heterocycles. The highest BCUT2D eigenvalue weighted by Gasteiger charge is 2.27. The van der Waals surface area contributed by atoms with E-state index < -0.39 is 0 Å². The van der Waals surface area contributed by atoms with E-state index in [4.69, 9.17) is 4.74 Å². The Bertz CT molecular complexity index is 1190. The molecule has 0 bridgehead atoms. The van der Waals surface area contributed by atoms with Crippen molar-refractivity contribution in [1.82, 2.24) is 9.80 Å². The fourth-order valence-corrected chi connectivity index (χ4v) is 5.80. The van der Waals surface area contributed by atoms with Gasteiger partial charge in [-0.3, -0.25) is 19.8 Å². The summed E-state index contributed by atoms with van der Waals surface area (Å²) in [5, 5.41) is 12.2. The lowest BCUT2D eigenvalue weighted by molar-refractivity contribution is -0.384. The van der Waals surface area contributed by atoms with Gasteiger partial charge in [0.15, 0.2) is 0 Å². The number of anilines is 1. The number of non-ortho nitro benzene ring substituents is 1. The molecule has 8 nitrogen and oxygen atoms in total. The summed E-state index contributed by atoms with van der Waals surface area (Å²) >= 11 is 1.57. The smallest absolute Gasteiger partial charge is 0.269 e. The Balaban J connectivity index is 1.28. The van der Waals surface area contributed by atoms with Gasteiger partial charge in [0.25, 0.3) is 11.6 Å². The number of rotatable bonds is 6. The first-order chi connectivity index (χ1) is 17.1. The first kappa shape index (κ1) is 23.5. The zero-order chi connectivity index (χ0) is 24.2. The highest BCUT2D eigenvalue weighted by Crippen LogP contribution is 2.40. The van der Waals surface area contributed by atoms with Gasteiger partial charge in [-0.25, -0.2) is 0 Å². The second kappa shape index (κ2) is 10.6. The second-order valence-electron chi connectivity index (χ2n) is 8.79. The van der Waals surface area contributed by atoms with Crippen LogP contribution in [-0.2, 0) is 11.3 Å². The van der Waals surface area contributed by atoms with Crippen LogP contribution < -0.4 is 4.90 Å². The van der Waals surface area contributed by atoms with E-state index in [9.17, 15) is 14.9 Å². The summed E-state index contributed by atoms with van der Waals surface area (Å²) in [6.07, 6.45) is 0. The minimum absolute atomic E-state index is 0.0710. The Morgan fingerprint density at radius 3 is 2.40 bits per heavy atom. The van der Waals surface area contributed by atoms with Crippen molar-refractivity contribution in [3.05, 3.63) is 81.2 Å². The van der Waals surface area contributed by atoms with Crippen LogP contribution in [0, 0.1) is 10.1 Å². The molecule has 5 rings (SSSR count). The molecular weight excluding hydrogens is 464 g/mol. The summed E-state index contributed by atoms with van der Waals surface area (Å²) in [7, 11) is 0. The number of hydrogen-bond donors (Lipinski definition) is 0. The molecule has 0 radical (unpaired) electrons. The van der Waals surface area contributed by atoms with E-state index >= 15 is 0 Å². The van der Waals surface area contributed by atoms with E-state index in [2.05, 4.69) is 21.9 Å². The van der Waals surface area contributed by atoms with Gasteiger partial charge in [0.05, 0.1) is 28.0 Å². The van der Waals surface area contributed by atoms with Gasteiger partial charge < -0.3 is 14.5 Å². The number of carbonyl (C=O) groups is 1. The predicted octanol–water partition coefficient (Wildman–Crippen LogP) is 4.12. The van der Waals surface area contributed by atoms with Gasteiger partial charge in [0, 0.05) is 63.5 Å². The van der Waals surface area contributed by atoms with Gasteiger partial charge in [-0.05, 0) is 17.2 Å². The molecule has 0 saturated carbocycles. The largest absolute Gasteiger partial charge is 0.378 e. The number of nitro benzene ring substituents is 1. The van der Waals surface area contributed by atoms with Crippen LogP contribution in [0.25, 0.3) is 11.1 Å². The fourth-order valence-electron chi connectivity index (χ4n) is 4.60. The molecule has 1 aromatic heterocycles. The molecule has 2 aliphatic rings. The zero-order valence-electron chi connectivity index (χ0n) is 19.5. The molecule has 0 spiro atoms. The summed E-state index contributed by atoms with van der Waals surface area (Å²) in [5.74, 6) is 0.0710. The van der Waals surface area contributed by atoms with Gasteiger partial charge in [-0.1, -0.05) is 42.5 Å². The SMILES string of the molecule is O=C(c1cc(-c2ccccc2)c(N2CCOCC2)s1)N1CCN(Cc2cccc([N+](=O)[O-])c2)CC1. The highest BCUT2D eigenvalue weighted by atomic mass is 32.1. The van der Waals surface area contributed by atoms with E-state index in [-0.39, 0.29) is 16.5 Å². The van der Waals surface area contributed by atoms with E-state index in [1.807, 2.05) is 35.2 Å². The number of benzene rings is 2. The van der Waals surface area contributed by atoms with Gasteiger partial charge >= 0.3 is 0 Å². The average Bonchev–Trinajstić information content (AvgIpc) is 3.36. The topological polar surface area (TPSA) is 79.2 Å². The summed E-state index contributed by atoms with van der Waals surface area (Å²) in [6, 6.07) is 19.1. The van der Waals surface area contributed by atoms with Crippen LogP contribution >= 0.6 is 11.3 Å². The lowest BCUT2D eigenvalue weighted by atomic mass is 10.1. The average molecular weight is 493 g/mol. The number of morpholine rings is 1. The molecule has 3 heterocycles. The van der Waals surface area contributed by atoms with Crippen molar-refractivity contribution in [3.63, 3.8) is 0 Å². The van der Waals surface area contributed by atoms with E-state index in [0.717, 1.165) is 52.7 Å². The third-order valence-electron chi connectivity index (χ3n) is 6.49. The maximum Gasteiger partial charge on any atom is 0.269 e. The van der Waals surface area contributed by atoms with Crippen LogP contribution in [0.4, 0.5) is 10.7 Å². The molecule has 2 fully saturated rings. The molecule has 3 aromatic rings. The number of ether oxygens (including phenoxy) is 1. The Hall–Kier alpha value is -3.27. The summed E-state index contributed by atoms with van der Waals surface area (Å²) in [5.41, 5.74) is 3.25. The predicted molar refractivity (Wildman–Crippen MR) is 137 cm³/mol. The van der Waals surface area contributed by atoms with Gasteiger partial charge in [0.1, 0.15) is 0 Å². The molecule has 2 aromatic carbocycles. The van der Waals surface area contributed by atoms with Gasteiger partial charge in [-0.2, -0.15) is 0 Å². The number of thiophene rings is 1. The highest BCUT2D eigenvalue weighted by molar-refractivity contribution is 7.18. The van der Waals surface area contributed by atoms with Crippen molar-refractivity contribution >= 4 is 27.9 Å². The van der Waals surface area contributed by atoms with Crippen molar-refractivity contribution in [2.24, 2.45) is 0 Å². The minimum Gasteiger partial charge on any atom is -0.378 e. The Labute approximate surface area is 208 Å². The Morgan fingerprint density at radius 2 is 1.69 bits per heavy atom. The van der Waals surface area contributed by atoms with Crippen LogP contribution in [0.2, 0.25) is 0 Å². The molecule has 0 aliphatic carbocycles. The molecule has 0 atom stereocenters. The number of piperazine rings is 1. The molecule has 2 saturated heterocycles. The quantitative estimate of drug-likeness (QED) is 0.381. The number of nitro groups is 1. The fraction of sp³-hybridized carbons (Fsp3) is 0.346. The molecule has 0 unspecified atom stereocenters. The number of amides is 1. The number of carbonyl (C=O) groups excluding carboxylic acids is 1. The lowest BCUT2D eigenvalue weighted by Crippen LogP contribution is -2.48. The monoisotopic (exact) mass is 492 g/mol. The third-order valence-corrected chi connectivity index (χ3v) is 7.68. The Morgan fingerprint density at radius 1 is 0.943 bits per heavy atom. The second-order valence-corrected chi connectivity index (χ2v) is 9.82. The minimum atomic E-state index is -0.365. The third kappa shape index (κ3) is 5.37. The van der Waals surface area contributed by atoms with E-state index in [1.165, 1.54) is 6.07 Å². The van der Waals surface area contributed by atoms with Crippen LogP contribution in [0.1, 0.15) is 15.2 Å². The molecular formula is C26H28N4O4S. The molecule has 0 N–H and O–H groups in total. The van der Waals surface area contributed by atoms with Crippen LogP contribution in [0.15, 0.2) is 60.7 Å². The summed E-state index contributed by atoms with van der Waals surface area (Å²) < 4.78 is 5.54. The standard InChI is InChI=1S/C26H28N4O4S/c31-25(28-11-9-27(10-12-28)19-20-5-4-8-22(17-20)30(32)33)24-18-23(21-6-2-1-3-7-21)26(35-24)29-13-15-34-16-14-29/h1-8,17-18H,9-16,19H2. The van der Waals surface area contributed by atoms with Crippen molar-refractivity contribution < 1.29 is 14.5 Å². The number of hydrogen-bond acceptors (Lipinski definition) is 7. The zero-order valence-corrected chi connectivity index (χ0v) is 20.3. The van der Waals surface area contributed by atoms with Crippen molar-refractivity contribution in [2.45, 2.75) is 6.54 Å². The van der Waals surface area contributed by atoms with E-state index in [1.54, 1.807) is 23.5 Å². The van der Waals surface area contributed by atoms with Crippen LogP contribution in [0.5, 0.6) is 0 Å². The summed E-state index contributed by atoms with van der Waals surface area (Å²) in [6.45, 7) is 6.43. The first-order valence-electron chi connectivity index (χ1n) is 11.9. The molecule has 182 valence electrons. The van der Waals surface area contributed by atoms with Crippen LogP contribution in [-0.4, -0.2) is 73.1 Å². The maximum absolute atomic E-state index is 13.5. The normalized spacial score (nSPS) is 16.9.